The standard InChI is InChI=1S/C15H18N4/c1-18(10-15(9-16)6-3-7-15)12-4-5-14-13(8-12)17-11-19(14)2/h4-5,8,11H,3,6-7,10H2,1-2H3. The smallest absolute Gasteiger partial charge is 0.0955 e. The van der Waals surface area contributed by atoms with Crippen LogP contribution in [0.2, 0.25) is 0 Å². The molecule has 19 heavy (non-hydrogen) atoms. The van der Waals surface area contributed by atoms with Gasteiger partial charge in [0.2, 0.25) is 0 Å². The molecule has 4 nitrogen and oxygen atoms in total. The van der Waals surface area contributed by atoms with Gasteiger partial charge in [0.1, 0.15) is 0 Å². The van der Waals surface area contributed by atoms with Crippen LogP contribution in [0, 0.1) is 16.7 Å². The molecule has 0 saturated heterocycles. The Hall–Kier alpha value is -2.02. The Labute approximate surface area is 113 Å². The quantitative estimate of drug-likeness (QED) is 0.846. The Balaban J connectivity index is 1.85. The number of anilines is 1. The van der Waals surface area contributed by atoms with E-state index in [2.05, 4.69) is 41.2 Å². The van der Waals surface area contributed by atoms with Crippen molar-refractivity contribution in [1.82, 2.24) is 9.55 Å². The summed E-state index contributed by atoms with van der Waals surface area (Å²) in [5.74, 6) is 0. The Morgan fingerprint density at radius 3 is 2.89 bits per heavy atom. The lowest BCUT2D eigenvalue weighted by atomic mass is 9.69. The predicted molar refractivity (Wildman–Crippen MR) is 75.9 cm³/mol. The topological polar surface area (TPSA) is 44.9 Å². The van der Waals surface area contributed by atoms with Crippen LogP contribution in [0.3, 0.4) is 0 Å². The summed E-state index contributed by atoms with van der Waals surface area (Å²) >= 11 is 0. The number of nitriles is 1. The molecule has 98 valence electrons. The Kier molecular flexibility index (Phi) is 2.70. The molecule has 0 bridgehead atoms. The summed E-state index contributed by atoms with van der Waals surface area (Å²) in [6.07, 6.45) is 5.07. The van der Waals surface area contributed by atoms with Crippen LogP contribution in [0.4, 0.5) is 5.69 Å². The Bertz CT molecular complexity index is 646. The van der Waals surface area contributed by atoms with Crippen molar-refractivity contribution in [3.05, 3.63) is 24.5 Å². The molecule has 1 aromatic carbocycles. The average Bonchev–Trinajstić information content (AvgIpc) is 2.75. The fourth-order valence-corrected chi connectivity index (χ4v) is 2.82. The van der Waals surface area contributed by atoms with Crippen molar-refractivity contribution < 1.29 is 0 Å². The molecule has 1 saturated carbocycles. The largest absolute Gasteiger partial charge is 0.373 e. The monoisotopic (exact) mass is 254 g/mol. The van der Waals surface area contributed by atoms with Gasteiger partial charge in [-0.3, -0.25) is 0 Å². The highest BCUT2D eigenvalue weighted by atomic mass is 15.1. The van der Waals surface area contributed by atoms with E-state index < -0.39 is 0 Å². The highest BCUT2D eigenvalue weighted by Crippen LogP contribution is 2.41. The van der Waals surface area contributed by atoms with E-state index in [0.717, 1.165) is 36.1 Å². The number of aryl methyl sites for hydroxylation is 1. The fraction of sp³-hybridized carbons (Fsp3) is 0.467. The number of hydrogen-bond acceptors (Lipinski definition) is 3. The van der Waals surface area contributed by atoms with Gasteiger partial charge in [0.25, 0.3) is 0 Å². The zero-order chi connectivity index (χ0) is 13.5. The third-order valence-corrected chi connectivity index (χ3v) is 4.24. The molecule has 0 unspecified atom stereocenters. The van der Waals surface area contributed by atoms with Crippen LogP contribution < -0.4 is 4.90 Å². The van der Waals surface area contributed by atoms with Crippen molar-refractivity contribution in [1.29, 1.82) is 5.26 Å². The van der Waals surface area contributed by atoms with Crippen LogP contribution in [0.25, 0.3) is 11.0 Å². The molecule has 1 heterocycles. The molecule has 0 amide bonds. The predicted octanol–water partition coefficient (Wildman–Crippen LogP) is 2.70. The lowest BCUT2D eigenvalue weighted by Gasteiger charge is -2.39. The number of benzene rings is 1. The van der Waals surface area contributed by atoms with Gasteiger partial charge in [-0.15, -0.1) is 0 Å². The second-order valence-corrected chi connectivity index (χ2v) is 5.63. The van der Waals surface area contributed by atoms with Crippen molar-refractivity contribution in [2.45, 2.75) is 19.3 Å². The maximum Gasteiger partial charge on any atom is 0.0955 e. The third kappa shape index (κ3) is 1.95. The van der Waals surface area contributed by atoms with Gasteiger partial charge in [0.15, 0.2) is 0 Å². The van der Waals surface area contributed by atoms with E-state index in [9.17, 15) is 5.26 Å². The first-order valence-electron chi connectivity index (χ1n) is 6.67. The third-order valence-electron chi connectivity index (χ3n) is 4.24. The first-order chi connectivity index (χ1) is 9.13. The van der Waals surface area contributed by atoms with Crippen molar-refractivity contribution in [3.63, 3.8) is 0 Å². The number of hydrogen-bond donors (Lipinski definition) is 0. The van der Waals surface area contributed by atoms with Gasteiger partial charge >= 0.3 is 0 Å². The van der Waals surface area contributed by atoms with E-state index in [1.165, 1.54) is 6.42 Å². The molecule has 1 aliphatic rings. The van der Waals surface area contributed by atoms with Crippen molar-refractivity contribution in [2.75, 3.05) is 18.5 Å². The average molecular weight is 254 g/mol. The van der Waals surface area contributed by atoms with E-state index >= 15 is 0 Å². The second-order valence-electron chi connectivity index (χ2n) is 5.63. The number of imidazole rings is 1. The van der Waals surface area contributed by atoms with Gasteiger partial charge in [-0.1, -0.05) is 6.42 Å². The molecular formula is C15H18N4. The Morgan fingerprint density at radius 2 is 2.26 bits per heavy atom. The summed E-state index contributed by atoms with van der Waals surface area (Å²) in [6, 6.07) is 8.79. The summed E-state index contributed by atoms with van der Waals surface area (Å²) in [7, 11) is 4.05. The van der Waals surface area contributed by atoms with Gasteiger partial charge in [-0.2, -0.15) is 5.26 Å². The van der Waals surface area contributed by atoms with Crippen LogP contribution in [0.1, 0.15) is 19.3 Å². The van der Waals surface area contributed by atoms with E-state index in [1.807, 2.05) is 17.9 Å². The lowest BCUT2D eigenvalue weighted by Crippen LogP contribution is -2.39. The van der Waals surface area contributed by atoms with Crippen molar-refractivity contribution >= 4 is 16.7 Å². The Morgan fingerprint density at radius 1 is 1.47 bits per heavy atom. The molecular weight excluding hydrogens is 236 g/mol. The highest BCUT2D eigenvalue weighted by Gasteiger charge is 2.38. The zero-order valence-electron chi connectivity index (χ0n) is 11.4. The summed E-state index contributed by atoms with van der Waals surface area (Å²) in [5, 5.41) is 9.32. The molecule has 1 aliphatic carbocycles. The fourth-order valence-electron chi connectivity index (χ4n) is 2.82. The second kappa shape index (κ2) is 4.27. The van der Waals surface area contributed by atoms with Crippen LogP contribution in [-0.2, 0) is 7.05 Å². The summed E-state index contributed by atoms with van der Waals surface area (Å²) < 4.78 is 2.02. The molecule has 2 aromatic rings. The minimum Gasteiger partial charge on any atom is -0.373 e. The van der Waals surface area contributed by atoms with E-state index in [0.29, 0.717) is 0 Å². The summed E-state index contributed by atoms with van der Waals surface area (Å²) in [6.45, 7) is 0.807. The van der Waals surface area contributed by atoms with E-state index in [-0.39, 0.29) is 5.41 Å². The summed E-state index contributed by atoms with van der Waals surface area (Å²) in [5.41, 5.74) is 3.14. The maximum atomic E-state index is 9.32. The molecule has 0 N–H and O–H groups in total. The molecule has 0 atom stereocenters. The minimum atomic E-state index is -0.131. The van der Waals surface area contributed by atoms with Crippen molar-refractivity contribution in [3.8, 4) is 6.07 Å². The van der Waals surface area contributed by atoms with Gasteiger partial charge in [-0.05, 0) is 31.0 Å². The van der Waals surface area contributed by atoms with Crippen LogP contribution in [-0.4, -0.2) is 23.1 Å². The van der Waals surface area contributed by atoms with Gasteiger partial charge in [0.05, 0.1) is 28.8 Å². The number of fused-ring (bicyclic) bond motifs is 1. The number of aromatic nitrogens is 2. The lowest BCUT2D eigenvalue weighted by molar-refractivity contribution is 0.223. The van der Waals surface area contributed by atoms with E-state index in [1.54, 1.807) is 0 Å². The highest BCUT2D eigenvalue weighted by molar-refractivity contribution is 5.79. The number of rotatable bonds is 3. The molecule has 1 aromatic heterocycles. The van der Waals surface area contributed by atoms with Crippen molar-refractivity contribution in [2.24, 2.45) is 12.5 Å². The van der Waals surface area contributed by atoms with Gasteiger partial charge in [0, 0.05) is 26.3 Å². The van der Waals surface area contributed by atoms with Crippen LogP contribution in [0.5, 0.6) is 0 Å². The first kappa shape index (κ1) is 12.0. The zero-order valence-corrected chi connectivity index (χ0v) is 11.4. The van der Waals surface area contributed by atoms with Crippen LogP contribution in [0.15, 0.2) is 24.5 Å². The van der Waals surface area contributed by atoms with E-state index in [4.69, 9.17) is 0 Å². The van der Waals surface area contributed by atoms with Crippen LogP contribution >= 0.6 is 0 Å². The molecule has 4 heteroatoms. The first-order valence-corrected chi connectivity index (χ1v) is 6.67. The molecule has 0 radical (unpaired) electrons. The minimum absolute atomic E-state index is 0.131. The van der Waals surface area contributed by atoms with Gasteiger partial charge < -0.3 is 9.47 Å². The maximum absolute atomic E-state index is 9.32. The van der Waals surface area contributed by atoms with Gasteiger partial charge in [-0.25, -0.2) is 4.98 Å². The molecule has 0 spiro atoms. The normalized spacial score (nSPS) is 16.9. The molecule has 0 aliphatic heterocycles. The molecule has 3 rings (SSSR count). The summed E-state index contributed by atoms with van der Waals surface area (Å²) in [4.78, 5) is 6.56. The SMILES string of the molecule is CN(CC1(C#N)CCC1)c1ccc2c(c1)ncn2C. The molecule has 1 fully saturated rings. The number of nitrogens with zero attached hydrogens (tertiary/aromatic N) is 4.